The summed E-state index contributed by atoms with van der Waals surface area (Å²) in [6.45, 7) is 1.49. The van der Waals surface area contributed by atoms with Gasteiger partial charge in [0.15, 0.2) is 5.82 Å². The van der Waals surface area contributed by atoms with E-state index in [9.17, 15) is 27.2 Å². The molecule has 1 atom stereocenters. The van der Waals surface area contributed by atoms with Gasteiger partial charge in [0.25, 0.3) is 12.3 Å². The molecule has 1 unspecified atom stereocenters. The molecule has 0 bridgehead atoms. The first kappa shape index (κ1) is 24.6. The molecule has 0 saturated heterocycles. The van der Waals surface area contributed by atoms with Crippen LogP contribution >= 0.6 is 15.9 Å². The molecule has 0 fully saturated rings. The molecule has 8 nitrogen and oxygen atoms in total. The number of halogens is 5. The Kier molecular flexibility index (Phi) is 7.24. The zero-order valence-electron chi connectivity index (χ0n) is 18.3. The third-order valence-corrected chi connectivity index (χ3v) is 6.56. The van der Waals surface area contributed by atoms with Crippen molar-refractivity contribution in [1.82, 2.24) is 24.9 Å². The molecule has 3 amide bonds. The van der Waals surface area contributed by atoms with Crippen LogP contribution in [-0.4, -0.2) is 71.2 Å². The lowest BCUT2D eigenvalue weighted by Gasteiger charge is -2.26. The second-order valence-electron chi connectivity index (χ2n) is 8.42. The number of nitrogens with zero attached hydrogens (tertiary/aromatic N) is 4. The average molecular weight is 547 g/mol. The lowest BCUT2D eigenvalue weighted by Crippen LogP contribution is -2.44. The molecule has 2 aliphatic heterocycles. The van der Waals surface area contributed by atoms with Crippen molar-refractivity contribution in [2.75, 3.05) is 38.5 Å². The molecule has 0 aliphatic carbocycles. The molecule has 2 aliphatic rings. The number of imide groups is 1. The molecule has 2 N–H and O–H groups in total. The van der Waals surface area contributed by atoms with Crippen LogP contribution in [0.25, 0.3) is 0 Å². The van der Waals surface area contributed by atoms with E-state index in [4.69, 9.17) is 0 Å². The van der Waals surface area contributed by atoms with E-state index in [0.29, 0.717) is 49.6 Å². The Labute approximate surface area is 201 Å². The maximum atomic E-state index is 14.3. The molecular formula is C21H23BrF4N6O2. The number of rotatable bonds is 5. The van der Waals surface area contributed by atoms with Gasteiger partial charge in [-0.1, -0.05) is 0 Å². The van der Waals surface area contributed by atoms with Gasteiger partial charge in [-0.05, 0) is 35.1 Å². The summed E-state index contributed by atoms with van der Waals surface area (Å²) in [5.41, 5.74) is 1.28. The summed E-state index contributed by atoms with van der Waals surface area (Å²) in [6, 6.07) is 1.25. The van der Waals surface area contributed by atoms with Crippen molar-refractivity contribution in [2.45, 2.75) is 25.9 Å². The molecule has 3 heterocycles. The van der Waals surface area contributed by atoms with Gasteiger partial charge < -0.3 is 15.5 Å². The molecule has 1 aromatic carbocycles. The monoisotopic (exact) mass is 546 g/mol. The predicted molar refractivity (Wildman–Crippen MR) is 119 cm³/mol. The maximum Gasteiger partial charge on any atom is 0.328 e. The number of nitrogens with one attached hydrogen (secondary N) is 2. The fourth-order valence-corrected chi connectivity index (χ4v) is 4.67. The van der Waals surface area contributed by atoms with Gasteiger partial charge in [0.05, 0.1) is 33.7 Å². The van der Waals surface area contributed by atoms with Gasteiger partial charge in [-0.15, -0.1) is 0 Å². The fraction of sp³-hybridized carbons (Fsp3) is 0.476. The minimum Gasteiger partial charge on any atom is -0.311 e. The minimum atomic E-state index is -2.43. The van der Waals surface area contributed by atoms with E-state index in [0.717, 1.165) is 17.0 Å². The Balaban J connectivity index is 1.53. The topological polar surface area (TPSA) is 82.5 Å². The molecule has 1 aromatic heterocycles. The zero-order chi connectivity index (χ0) is 24.6. The van der Waals surface area contributed by atoms with Crippen LogP contribution in [0.1, 0.15) is 21.7 Å². The van der Waals surface area contributed by atoms with Crippen molar-refractivity contribution in [1.29, 1.82) is 0 Å². The molecule has 13 heteroatoms. The van der Waals surface area contributed by atoms with Crippen molar-refractivity contribution in [2.24, 2.45) is 5.92 Å². The number of urea groups is 1. The van der Waals surface area contributed by atoms with Gasteiger partial charge in [0.2, 0.25) is 0 Å². The first-order chi connectivity index (χ1) is 16.2. The summed E-state index contributed by atoms with van der Waals surface area (Å²) >= 11 is 2.79. The predicted octanol–water partition coefficient (Wildman–Crippen LogP) is 3.07. The van der Waals surface area contributed by atoms with E-state index < -0.39 is 41.0 Å². The summed E-state index contributed by atoms with van der Waals surface area (Å²) in [5.74, 6) is -2.35. The highest BCUT2D eigenvalue weighted by Crippen LogP contribution is 2.29. The Morgan fingerprint density at radius 1 is 1.29 bits per heavy atom. The zero-order valence-corrected chi connectivity index (χ0v) is 19.8. The Morgan fingerprint density at radius 2 is 2.06 bits per heavy atom. The van der Waals surface area contributed by atoms with Crippen LogP contribution in [0.5, 0.6) is 0 Å². The number of amides is 3. The standard InChI is InChI=1S/C21H23BrF4N6O2/c1-30-8-11(6-27-7-16(24)25)9-32-15(10-30)17-13(29-32)4-5-31(20(17)33)21(34)28-14-3-2-12(23)18(22)19(14)26/h2-3,11,16,27H,4-10H2,1H3,(H,28,34). The summed E-state index contributed by atoms with van der Waals surface area (Å²) in [7, 11) is 1.86. The quantitative estimate of drug-likeness (QED) is 0.445. The molecular weight excluding hydrogens is 524 g/mol. The van der Waals surface area contributed by atoms with Crippen LogP contribution in [0.2, 0.25) is 0 Å². The van der Waals surface area contributed by atoms with Gasteiger partial charge in [0.1, 0.15) is 5.82 Å². The van der Waals surface area contributed by atoms with Crippen molar-refractivity contribution < 1.29 is 27.2 Å². The van der Waals surface area contributed by atoms with E-state index in [1.165, 1.54) is 0 Å². The van der Waals surface area contributed by atoms with Crippen LogP contribution in [0, 0.1) is 17.6 Å². The third kappa shape index (κ3) is 4.96. The number of carbonyl (C=O) groups is 2. The highest BCUT2D eigenvalue weighted by molar-refractivity contribution is 9.10. The van der Waals surface area contributed by atoms with E-state index in [2.05, 4.69) is 31.7 Å². The number of aromatic nitrogens is 2. The summed E-state index contributed by atoms with van der Waals surface area (Å²) in [5, 5.41) is 9.66. The molecule has 4 rings (SSSR count). The van der Waals surface area contributed by atoms with Crippen molar-refractivity contribution in [3.63, 3.8) is 0 Å². The first-order valence-electron chi connectivity index (χ1n) is 10.7. The molecule has 184 valence electrons. The number of hydrogen-bond donors (Lipinski definition) is 2. The molecule has 2 aromatic rings. The van der Waals surface area contributed by atoms with E-state index in [1.54, 1.807) is 4.68 Å². The highest BCUT2D eigenvalue weighted by Gasteiger charge is 2.37. The second-order valence-corrected chi connectivity index (χ2v) is 9.22. The average Bonchev–Trinajstić information content (AvgIpc) is 3.03. The van der Waals surface area contributed by atoms with Crippen molar-refractivity contribution >= 4 is 33.6 Å². The van der Waals surface area contributed by atoms with Crippen molar-refractivity contribution in [3.8, 4) is 0 Å². The van der Waals surface area contributed by atoms with Crippen LogP contribution in [0.4, 0.5) is 28.0 Å². The number of benzene rings is 1. The van der Waals surface area contributed by atoms with E-state index in [1.807, 2.05) is 11.9 Å². The third-order valence-electron chi connectivity index (χ3n) is 5.84. The Bertz CT molecular complexity index is 1110. The lowest BCUT2D eigenvalue weighted by atomic mass is 10.0. The number of hydrogen-bond acceptors (Lipinski definition) is 5. The van der Waals surface area contributed by atoms with Gasteiger partial charge in [-0.25, -0.2) is 22.4 Å². The molecule has 0 saturated carbocycles. The Hall–Kier alpha value is -2.51. The maximum absolute atomic E-state index is 14.3. The summed E-state index contributed by atoms with van der Waals surface area (Å²) in [4.78, 5) is 29.0. The second kappa shape index (κ2) is 10.0. The number of anilines is 1. The SMILES string of the molecule is CN1Cc2c3c(nn2CC(CNCC(F)F)C1)CCN(C(=O)Nc1ccc(F)c(Br)c1F)C3=O. The van der Waals surface area contributed by atoms with Gasteiger partial charge in [-0.3, -0.25) is 14.4 Å². The lowest BCUT2D eigenvalue weighted by molar-refractivity contribution is 0.0795. The molecule has 0 spiro atoms. The van der Waals surface area contributed by atoms with Crippen molar-refractivity contribution in [3.05, 3.63) is 45.2 Å². The summed E-state index contributed by atoms with van der Waals surface area (Å²) < 4.78 is 54.0. The normalized spacial score (nSPS) is 18.6. The first-order valence-corrected chi connectivity index (χ1v) is 11.5. The number of fused-ring (bicyclic) bond motifs is 3. The van der Waals surface area contributed by atoms with Gasteiger partial charge >= 0.3 is 6.03 Å². The minimum absolute atomic E-state index is 0.000699. The van der Waals surface area contributed by atoms with E-state index in [-0.39, 0.29) is 18.2 Å². The Morgan fingerprint density at radius 3 is 2.79 bits per heavy atom. The number of carbonyl (C=O) groups excluding carboxylic acids is 2. The highest BCUT2D eigenvalue weighted by atomic mass is 79.9. The summed E-state index contributed by atoms with van der Waals surface area (Å²) in [6.07, 6.45) is -2.11. The van der Waals surface area contributed by atoms with Crippen LogP contribution in [0.3, 0.4) is 0 Å². The molecule has 0 radical (unpaired) electrons. The van der Waals surface area contributed by atoms with Crippen LogP contribution in [-0.2, 0) is 19.5 Å². The van der Waals surface area contributed by atoms with E-state index >= 15 is 0 Å². The number of alkyl halides is 2. The van der Waals surface area contributed by atoms with Gasteiger partial charge in [-0.2, -0.15) is 5.10 Å². The van der Waals surface area contributed by atoms with Crippen LogP contribution in [0.15, 0.2) is 16.6 Å². The van der Waals surface area contributed by atoms with Crippen LogP contribution < -0.4 is 10.6 Å². The van der Waals surface area contributed by atoms with Gasteiger partial charge in [0, 0.05) is 45.1 Å². The fourth-order valence-electron chi connectivity index (χ4n) is 4.33. The smallest absolute Gasteiger partial charge is 0.311 e. The largest absolute Gasteiger partial charge is 0.328 e. The molecule has 34 heavy (non-hydrogen) atoms.